The number of imidazole rings is 1. The van der Waals surface area contributed by atoms with E-state index in [1.165, 1.54) is 7.11 Å². The molecule has 2 saturated carbocycles. The van der Waals surface area contributed by atoms with Crippen LogP contribution in [0.3, 0.4) is 0 Å². The van der Waals surface area contributed by atoms with E-state index in [9.17, 15) is 10.1 Å². The van der Waals surface area contributed by atoms with Gasteiger partial charge in [-0.3, -0.25) is 9.88 Å². The molecule has 3 atom stereocenters. The Morgan fingerprint density at radius 2 is 1.96 bits per heavy atom. The zero-order valence-corrected chi connectivity index (χ0v) is 27.3. The number of hydrogen-bond donors (Lipinski definition) is 0. The lowest BCUT2D eigenvalue weighted by Gasteiger charge is -2.54. The van der Waals surface area contributed by atoms with Gasteiger partial charge < -0.3 is 28.4 Å². The number of nitrogens with zero attached hydrogens (tertiary/aromatic N) is 6. The largest absolute Gasteiger partial charge is 0.494 e. The summed E-state index contributed by atoms with van der Waals surface area (Å²) in [4.78, 5) is 27.0. The number of hydrogen-bond acceptors (Lipinski definition) is 10. The highest BCUT2D eigenvalue weighted by atomic mass is 35.5. The van der Waals surface area contributed by atoms with Crippen molar-refractivity contribution in [1.29, 1.82) is 5.26 Å². The molecule has 4 aliphatic rings. The molecule has 0 radical (unpaired) electrons. The first-order valence-electron chi connectivity index (χ1n) is 16.0. The van der Waals surface area contributed by atoms with Crippen molar-refractivity contribution in [2.24, 2.45) is 5.41 Å². The number of halogens is 1. The van der Waals surface area contributed by atoms with Crippen LogP contribution >= 0.6 is 11.6 Å². The first kappa shape index (κ1) is 29.8. The number of aromatic nitrogens is 3. The van der Waals surface area contributed by atoms with Gasteiger partial charge in [-0.2, -0.15) is 5.26 Å². The lowest BCUT2D eigenvalue weighted by atomic mass is 9.81. The van der Waals surface area contributed by atoms with Crippen LogP contribution in [0.25, 0.3) is 11.0 Å². The Labute approximate surface area is 277 Å². The third-order valence-corrected chi connectivity index (χ3v) is 10.4. The number of nitriles is 1. The van der Waals surface area contributed by atoms with Crippen molar-refractivity contribution in [1.82, 2.24) is 19.4 Å². The number of para-hydroxylation sites is 1. The van der Waals surface area contributed by atoms with E-state index in [1.807, 2.05) is 31.2 Å². The van der Waals surface area contributed by atoms with Crippen LogP contribution in [0.4, 0.5) is 5.69 Å². The molecular formula is C35H35ClN6O5. The maximum Gasteiger partial charge on any atom is 0.338 e. The monoisotopic (exact) mass is 654 g/mol. The van der Waals surface area contributed by atoms with Gasteiger partial charge in [0.15, 0.2) is 11.5 Å². The van der Waals surface area contributed by atoms with Gasteiger partial charge in [0.05, 0.1) is 54.0 Å². The van der Waals surface area contributed by atoms with Crippen molar-refractivity contribution in [2.45, 2.75) is 63.6 Å². The van der Waals surface area contributed by atoms with Gasteiger partial charge in [0.1, 0.15) is 22.8 Å². The molecule has 0 N–H and O–H groups in total. The number of rotatable bonds is 8. The molecule has 12 heteroatoms. The average molecular weight is 655 g/mol. The van der Waals surface area contributed by atoms with E-state index < -0.39 is 17.2 Å². The molecule has 3 fully saturated rings. The van der Waals surface area contributed by atoms with Gasteiger partial charge in [0.25, 0.3) is 5.79 Å². The van der Waals surface area contributed by atoms with Crippen LogP contribution in [-0.2, 0) is 23.6 Å². The smallest absolute Gasteiger partial charge is 0.338 e. The van der Waals surface area contributed by atoms with Crippen molar-refractivity contribution in [3.05, 3.63) is 70.8 Å². The van der Waals surface area contributed by atoms with E-state index in [-0.39, 0.29) is 0 Å². The summed E-state index contributed by atoms with van der Waals surface area (Å²) in [6, 6.07) is 16.3. The summed E-state index contributed by atoms with van der Waals surface area (Å²) in [5.41, 5.74) is 3.11. The van der Waals surface area contributed by atoms with Crippen LogP contribution in [0.2, 0.25) is 5.02 Å². The SMILES string of the molecule is COC(=O)c1cc(OC)c2nc(CN3CCN(c4cccc5c4OC(C)(c4ccc(Cl)cn4)O5)[C@@H]4CC[C@H]43)n(CC3(C#N)CC3)c2c1. The Hall–Kier alpha value is -4.53. The van der Waals surface area contributed by atoms with E-state index in [0.717, 1.165) is 61.6 Å². The fraction of sp³-hybridized carbons (Fsp3) is 0.429. The van der Waals surface area contributed by atoms with Crippen LogP contribution in [-0.4, -0.2) is 64.8 Å². The number of carbonyl (C=O) groups is 1. The number of anilines is 1. The van der Waals surface area contributed by atoms with Gasteiger partial charge in [-0.05, 0) is 62.1 Å². The molecular weight excluding hydrogens is 620 g/mol. The van der Waals surface area contributed by atoms with E-state index in [4.69, 9.17) is 35.5 Å². The molecule has 47 heavy (non-hydrogen) atoms. The Balaban J connectivity index is 1.08. The van der Waals surface area contributed by atoms with Gasteiger partial charge in [-0.1, -0.05) is 17.7 Å². The fourth-order valence-corrected chi connectivity index (χ4v) is 7.39. The van der Waals surface area contributed by atoms with Crippen molar-refractivity contribution in [3.63, 3.8) is 0 Å². The fourth-order valence-electron chi connectivity index (χ4n) is 7.27. The molecule has 2 aliphatic carbocycles. The van der Waals surface area contributed by atoms with Crippen LogP contribution in [0, 0.1) is 16.7 Å². The van der Waals surface area contributed by atoms with Crippen molar-refractivity contribution >= 4 is 34.3 Å². The highest BCUT2D eigenvalue weighted by Crippen LogP contribution is 2.51. The van der Waals surface area contributed by atoms with Gasteiger partial charge in [-0.25, -0.2) is 9.78 Å². The van der Waals surface area contributed by atoms with Gasteiger partial charge >= 0.3 is 5.97 Å². The molecule has 0 bridgehead atoms. The first-order valence-corrected chi connectivity index (χ1v) is 16.3. The summed E-state index contributed by atoms with van der Waals surface area (Å²) in [6.07, 6.45) is 5.43. The molecule has 2 aromatic heterocycles. The summed E-state index contributed by atoms with van der Waals surface area (Å²) in [5, 5.41) is 10.5. The Kier molecular flexibility index (Phi) is 7.00. The maximum absolute atomic E-state index is 12.5. The highest BCUT2D eigenvalue weighted by molar-refractivity contribution is 6.30. The summed E-state index contributed by atoms with van der Waals surface area (Å²) >= 11 is 6.09. The standard InChI is InChI=1S/C35H35ClN6O5/c1-34(29-10-7-22(36)17-38-29)46-27-6-4-5-25(32(27)47-34)41-14-13-40(23-8-9-24(23)41)18-30-39-31-26(42(30)20-35(19-37)11-12-35)15-21(33(43)45-3)16-28(31)44-2/h4-7,10,15-17,23-24H,8-9,11-14,18,20H2,1-3H3/t23-,24-,34?/m1/s1. The topological polar surface area (TPSA) is 115 Å². The Morgan fingerprint density at radius 3 is 2.64 bits per heavy atom. The summed E-state index contributed by atoms with van der Waals surface area (Å²) < 4.78 is 25.7. The van der Waals surface area contributed by atoms with Crippen molar-refractivity contribution in [2.75, 3.05) is 32.2 Å². The maximum atomic E-state index is 12.5. The second-order valence-corrected chi connectivity index (χ2v) is 13.5. The third-order valence-electron chi connectivity index (χ3n) is 10.2. The number of ether oxygens (including phenoxy) is 4. The number of pyridine rings is 1. The van der Waals surface area contributed by atoms with Gasteiger partial charge in [0.2, 0.25) is 0 Å². The van der Waals surface area contributed by atoms with Crippen LogP contribution in [0.1, 0.15) is 54.5 Å². The quantitative estimate of drug-likeness (QED) is 0.220. The summed E-state index contributed by atoms with van der Waals surface area (Å²) in [6.45, 7) is 4.64. The van der Waals surface area contributed by atoms with E-state index >= 15 is 0 Å². The predicted molar refractivity (Wildman–Crippen MR) is 174 cm³/mol. The number of fused-ring (bicyclic) bond motifs is 3. The average Bonchev–Trinajstić information content (AvgIpc) is 3.63. The number of benzene rings is 2. The molecule has 0 amide bonds. The molecule has 11 nitrogen and oxygen atoms in total. The van der Waals surface area contributed by atoms with Crippen molar-refractivity contribution in [3.8, 4) is 23.3 Å². The van der Waals surface area contributed by atoms with E-state index in [0.29, 0.717) is 58.5 Å². The van der Waals surface area contributed by atoms with E-state index in [2.05, 4.69) is 31.5 Å². The van der Waals surface area contributed by atoms with Crippen molar-refractivity contribution < 1.29 is 23.7 Å². The zero-order valence-electron chi connectivity index (χ0n) is 26.5. The lowest BCUT2D eigenvalue weighted by molar-refractivity contribution is -0.0717. The second-order valence-electron chi connectivity index (χ2n) is 13.0. The lowest BCUT2D eigenvalue weighted by Crippen LogP contribution is -2.64. The second kappa shape index (κ2) is 11.0. The van der Waals surface area contributed by atoms with Crippen LogP contribution in [0.15, 0.2) is 48.7 Å². The minimum Gasteiger partial charge on any atom is -0.494 e. The molecule has 242 valence electrons. The van der Waals surface area contributed by atoms with Crippen LogP contribution < -0.4 is 19.1 Å². The minimum absolute atomic E-state index is 0.298. The predicted octanol–water partition coefficient (Wildman–Crippen LogP) is 5.68. The minimum atomic E-state index is -1.06. The number of piperazine rings is 1. The van der Waals surface area contributed by atoms with Gasteiger partial charge in [0, 0.05) is 44.8 Å². The van der Waals surface area contributed by atoms with E-state index in [1.54, 1.807) is 25.4 Å². The number of carbonyl (C=O) groups excluding carboxylic acids is 1. The summed E-state index contributed by atoms with van der Waals surface area (Å²) in [7, 11) is 2.94. The Bertz CT molecular complexity index is 1940. The molecule has 4 aromatic rings. The molecule has 1 unspecified atom stereocenters. The third kappa shape index (κ3) is 4.93. The number of esters is 1. The van der Waals surface area contributed by atoms with Gasteiger partial charge in [-0.15, -0.1) is 0 Å². The molecule has 2 aliphatic heterocycles. The zero-order chi connectivity index (χ0) is 32.5. The highest BCUT2D eigenvalue weighted by Gasteiger charge is 2.48. The normalized spacial score (nSPS) is 23.9. The molecule has 1 saturated heterocycles. The molecule has 8 rings (SSSR count). The molecule has 4 heterocycles. The first-order chi connectivity index (χ1) is 22.7. The summed E-state index contributed by atoms with van der Waals surface area (Å²) in [5.74, 6) is 1.30. The van der Waals surface area contributed by atoms with Crippen LogP contribution in [0.5, 0.6) is 17.2 Å². The molecule has 2 aromatic carbocycles. The molecule has 0 spiro atoms. The number of methoxy groups -OCH3 is 2. The Morgan fingerprint density at radius 1 is 1.13 bits per heavy atom.